The number of aliphatic carboxylic acids is 1. The predicted octanol–water partition coefficient (Wildman–Crippen LogP) is -0.379. The Bertz CT molecular complexity index is 679. The minimum Gasteiger partial charge on any atom is -0.480 e. The number of hydrogen-bond donors (Lipinski definition) is 4. The van der Waals surface area contributed by atoms with Crippen LogP contribution in [0.2, 0.25) is 0 Å². The van der Waals surface area contributed by atoms with Crippen LogP contribution < -0.4 is 11.1 Å². The summed E-state index contributed by atoms with van der Waals surface area (Å²) in [7, 11) is 0. The summed E-state index contributed by atoms with van der Waals surface area (Å²) in [6, 6.07) is 3.34. The molecule has 0 bridgehead atoms. The first-order valence-corrected chi connectivity index (χ1v) is 5.72. The lowest BCUT2D eigenvalue weighted by Crippen LogP contribution is -2.43. The van der Waals surface area contributed by atoms with Gasteiger partial charge < -0.3 is 21.1 Å². The van der Waals surface area contributed by atoms with Crippen molar-refractivity contribution >= 4 is 28.8 Å². The number of rotatable bonds is 5. The Hall–Kier alpha value is -2.90. The summed E-state index contributed by atoms with van der Waals surface area (Å²) in [4.78, 5) is 40.5. The maximum absolute atomic E-state index is 11.9. The van der Waals surface area contributed by atoms with Crippen molar-refractivity contribution < 1.29 is 19.5 Å². The normalized spacial score (nSPS) is 12.0. The summed E-state index contributed by atoms with van der Waals surface area (Å²) >= 11 is 0. The SMILES string of the molecule is NC(=O)C[C@@H](NC(=O)c1ccc2nc[nH]c2c1)C(=O)O. The number of carbonyl (C=O) groups is 3. The summed E-state index contributed by atoms with van der Waals surface area (Å²) in [6.45, 7) is 0. The number of nitrogens with two attached hydrogens (primary N) is 1. The minimum absolute atomic E-state index is 0.262. The molecule has 2 rings (SSSR count). The number of carboxylic acid groups (broad SMARTS) is 1. The summed E-state index contributed by atoms with van der Waals surface area (Å²) in [5.41, 5.74) is 6.54. The molecule has 1 aromatic carbocycles. The number of hydrogen-bond acceptors (Lipinski definition) is 4. The van der Waals surface area contributed by atoms with Crippen molar-refractivity contribution in [2.75, 3.05) is 0 Å². The highest BCUT2D eigenvalue weighted by Gasteiger charge is 2.22. The van der Waals surface area contributed by atoms with Gasteiger partial charge in [0, 0.05) is 5.56 Å². The smallest absolute Gasteiger partial charge is 0.326 e. The maximum Gasteiger partial charge on any atom is 0.326 e. The number of nitrogens with one attached hydrogen (secondary N) is 2. The van der Waals surface area contributed by atoms with Crippen molar-refractivity contribution in [2.24, 2.45) is 5.73 Å². The second-order valence-corrected chi connectivity index (χ2v) is 4.17. The van der Waals surface area contributed by atoms with Crippen LogP contribution in [0.4, 0.5) is 0 Å². The van der Waals surface area contributed by atoms with Crippen LogP contribution in [0.25, 0.3) is 11.0 Å². The molecule has 5 N–H and O–H groups in total. The molecule has 2 amide bonds. The number of carboxylic acids is 1. The van der Waals surface area contributed by atoms with Crippen molar-refractivity contribution in [3.05, 3.63) is 30.1 Å². The zero-order chi connectivity index (χ0) is 14.7. The molecule has 0 aliphatic heterocycles. The molecule has 0 spiro atoms. The fourth-order valence-electron chi connectivity index (χ4n) is 1.72. The van der Waals surface area contributed by atoms with E-state index in [-0.39, 0.29) is 5.56 Å². The van der Waals surface area contributed by atoms with Gasteiger partial charge in [0.15, 0.2) is 0 Å². The first kappa shape index (κ1) is 13.5. The molecular formula is C12H12N4O4. The van der Waals surface area contributed by atoms with Crippen molar-refractivity contribution in [2.45, 2.75) is 12.5 Å². The molecule has 0 saturated heterocycles. The molecule has 0 saturated carbocycles. The topological polar surface area (TPSA) is 138 Å². The molecule has 0 fully saturated rings. The lowest BCUT2D eigenvalue weighted by atomic mass is 10.1. The number of primary amides is 1. The van der Waals surface area contributed by atoms with Crippen LogP contribution in [-0.2, 0) is 9.59 Å². The van der Waals surface area contributed by atoms with Crippen molar-refractivity contribution in [1.29, 1.82) is 0 Å². The second-order valence-electron chi connectivity index (χ2n) is 4.17. The molecule has 0 aliphatic rings. The van der Waals surface area contributed by atoms with Crippen molar-refractivity contribution in [3.63, 3.8) is 0 Å². The molecular weight excluding hydrogens is 264 g/mol. The van der Waals surface area contributed by atoms with E-state index in [1.165, 1.54) is 12.4 Å². The van der Waals surface area contributed by atoms with Gasteiger partial charge >= 0.3 is 5.97 Å². The van der Waals surface area contributed by atoms with Crippen LogP contribution in [0.5, 0.6) is 0 Å². The number of carbonyl (C=O) groups excluding carboxylic acids is 2. The summed E-state index contributed by atoms with van der Waals surface area (Å²) in [5, 5.41) is 11.2. The third kappa shape index (κ3) is 2.91. The number of benzene rings is 1. The molecule has 8 nitrogen and oxygen atoms in total. The molecule has 20 heavy (non-hydrogen) atoms. The molecule has 8 heteroatoms. The average molecular weight is 276 g/mol. The van der Waals surface area contributed by atoms with E-state index in [9.17, 15) is 14.4 Å². The molecule has 104 valence electrons. The monoisotopic (exact) mass is 276 g/mol. The predicted molar refractivity (Wildman–Crippen MR) is 68.8 cm³/mol. The lowest BCUT2D eigenvalue weighted by molar-refractivity contribution is -0.140. The molecule has 0 radical (unpaired) electrons. The van der Waals surface area contributed by atoms with Gasteiger partial charge in [-0.3, -0.25) is 9.59 Å². The molecule has 1 atom stereocenters. The van der Waals surface area contributed by atoms with Gasteiger partial charge in [0.1, 0.15) is 6.04 Å². The van der Waals surface area contributed by atoms with Crippen molar-refractivity contribution in [1.82, 2.24) is 15.3 Å². The van der Waals surface area contributed by atoms with Gasteiger partial charge in [-0.25, -0.2) is 9.78 Å². The van der Waals surface area contributed by atoms with E-state index in [1.54, 1.807) is 12.1 Å². The highest BCUT2D eigenvalue weighted by atomic mass is 16.4. The Kier molecular flexibility index (Phi) is 3.65. The largest absolute Gasteiger partial charge is 0.480 e. The number of H-pyrrole nitrogens is 1. The van der Waals surface area contributed by atoms with Gasteiger partial charge in [0.05, 0.1) is 23.8 Å². The Morgan fingerprint density at radius 2 is 2.15 bits per heavy atom. The number of amides is 2. The highest BCUT2D eigenvalue weighted by molar-refractivity contribution is 5.99. The number of imidazole rings is 1. The maximum atomic E-state index is 11.9. The van der Waals surface area contributed by atoms with E-state index in [2.05, 4.69) is 15.3 Å². The van der Waals surface area contributed by atoms with E-state index >= 15 is 0 Å². The van der Waals surface area contributed by atoms with E-state index in [4.69, 9.17) is 10.8 Å². The van der Waals surface area contributed by atoms with Crippen LogP contribution in [-0.4, -0.2) is 38.9 Å². The molecule has 0 unspecified atom stereocenters. The van der Waals surface area contributed by atoms with Gasteiger partial charge in [0.2, 0.25) is 5.91 Å². The van der Waals surface area contributed by atoms with Gasteiger partial charge in [-0.05, 0) is 18.2 Å². The summed E-state index contributed by atoms with van der Waals surface area (Å²) in [6.07, 6.45) is 1.02. The van der Waals surface area contributed by atoms with Crippen LogP contribution >= 0.6 is 0 Å². The summed E-state index contributed by atoms with van der Waals surface area (Å²) in [5.74, 6) is -2.73. The minimum atomic E-state index is -1.35. The highest BCUT2D eigenvalue weighted by Crippen LogP contribution is 2.11. The lowest BCUT2D eigenvalue weighted by Gasteiger charge is -2.12. The Labute approximate surface area is 113 Å². The van der Waals surface area contributed by atoms with Crippen LogP contribution in [0.1, 0.15) is 16.8 Å². The van der Waals surface area contributed by atoms with Gasteiger partial charge in [0.25, 0.3) is 5.91 Å². The standard InChI is InChI=1S/C12H12N4O4/c13-10(17)4-9(12(19)20)16-11(18)6-1-2-7-8(3-6)15-5-14-7/h1-3,5,9H,4H2,(H2,13,17)(H,14,15)(H,16,18)(H,19,20)/t9-/m1/s1. The van der Waals surface area contributed by atoms with Crippen LogP contribution in [0.15, 0.2) is 24.5 Å². The van der Waals surface area contributed by atoms with E-state index in [0.29, 0.717) is 11.0 Å². The fraction of sp³-hybridized carbons (Fsp3) is 0.167. The van der Waals surface area contributed by atoms with Crippen molar-refractivity contribution in [3.8, 4) is 0 Å². The zero-order valence-corrected chi connectivity index (χ0v) is 10.3. The number of aromatic nitrogens is 2. The Morgan fingerprint density at radius 1 is 1.40 bits per heavy atom. The number of fused-ring (bicyclic) bond motifs is 1. The Morgan fingerprint density at radius 3 is 2.80 bits per heavy atom. The third-order valence-electron chi connectivity index (χ3n) is 2.69. The molecule has 2 aromatic rings. The van der Waals surface area contributed by atoms with E-state index in [0.717, 1.165) is 0 Å². The second kappa shape index (κ2) is 5.39. The average Bonchev–Trinajstić information content (AvgIpc) is 2.84. The summed E-state index contributed by atoms with van der Waals surface area (Å²) < 4.78 is 0. The van der Waals surface area contributed by atoms with Crippen LogP contribution in [0, 0.1) is 0 Å². The third-order valence-corrected chi connectivity index (χ3v) is 2.69. The molecule has 1 heterocycles. The molecule has 1 aromatic heterocycles. The number of aromatic amines is 1. The first-order valence-electron chi connectivity index (χ1n) is 5.72. The quantitative estimate of drug-likeness (QED) is 0.589. The fourth-order valence-corrected chi connectivity index (χ4v) is 1.72. The van der Waals surface area contributed by atoms with Crippen LogP contribution in [0.3, 0.4) is 0 Å². The van der Waals surface area contributed by atoms with Gasteiger partial charge in [-0.2, -0.15) is 0 Å². The van der Waals surface area contributed by atoms with Gasteiger partial charge in [-0.1, -0.05) is 0 Å². The van der Waals surface area contributed by atoms with E-state index in [1.807, 2.05) is 0 Å². The Balaban J connectivity index is 2.17. The van der Waals surface area contributed by atoms with Gasteiger partial charge in [-0.15, -0.1) is 0 Å². The first-order chi connectivity index (χ1) is 9.47. The number of nitrogens with zero attached hydrogens (tertiary/aromatic N) is 1. The van der Waals surface area contributed by atoms with E-state index < -0.39 is 30.2 Å². The zero-order valence-electron chi connectivity index (χ0n) is 10.3. The molecule has 0 aliphatic carbocycles.